The number of benzene rings is 1. The van der Waals surface area contributed by atoms with Crippen molar-refractivity contribution >= 4 is 15.9 Å². The van der Waals surface area contributed by atoms with Crippen LogP contribution in [0.4, 0.5) is 0 Å². The normalized spacial score (nSPS) is 17.5. The highest BCUT2D eigenvalue weighted by atomic mass is 32.2. The second kappa shape index (κ2) is 6.51. The molecule has 4 rings (SSSR count). The van der Waals surface area contributed by atoms with Crippen LogP contribution in [0.1, 0.15) is 41.6 Å². The topological polar surface area (TPSA) is 84.3 Å². The van der Waals surface area contributed by atoms with Gasteiger partial charge in [-0.1, -0.05) is 12.1 Å². The number of carbonyl (C=O) groups excluding carboxylic acids is 1. The summed E-state index contributed by atoms with van der Waals surface area (Å²) in [5.41, 5.74) is 1.47. The molecule has 2 fully saturated rings. The summed E-state index contributed by atoms with van der Waals surface area (Å²) in [7, 11) is -1.88. The van der Waals surface area contributed by atoms with E-state index in [4.69, 9.17) is 0 Å². The van der Waals surface area contributed by atoms with Crippen LogP contribution < -0.4 is 5.32 Å². The molecule has 0 radical (unpaired) electrons. The molecular formula is C18H22N4O3S. The molecule has 1 amide bonds. The van der Waals surface area contributed by atoms with E-state index in [0.29, 0.717) is 18.2 Å². The number of aromatic nitrogens is 2. The standard InChI is InChI=1S/C18H22N4O3S/c1-21-12-17(10-19-21)26(24,25)22(16-8-9-16)11-13-2-4-14(5-3-13)18(23)20-15-6-7-15/h2-5,10,12,15-16H,6-9,11H2,1H3,(H,20,23). The molecule has 0 spiro atoms. The van der Waals surface area contributed by atoms with Crippen LogP contribution in [0.3, 0.4) is 0 Å². The highest BCUT2D eigenvalue weighted by Gasteiger charge is 2.38. The van der Waals surface area contributed by atoms with Crippen molar-refractivity contribution in [3.63, 3.8) is 0 Å². The zero-order valence-electron chi connectivity index (χ0n) is 14.6. The monoisotopic (exact) mass is 374 g/mol. The minimum absolute atomic E-state index is 0.0399. The van der Waals surface area contributed by atoms with Gasteiger partial charge in [-0.3, -0.25) is 9.48 Å². The third kappa shape index (κ3) is 3.66. The van der Waals surface area contributed by atoms with Crippen molar-refractivity contribution in [2.24, 2.45) is 7.05 Å². The Morgan fingerprint density at radius 1 is 1.23 bits per heavy atom. The van der Waals surface area contributed by atoms with Gasteiger partial charge in [0.25, 0.3) is 5.91 Å². The number of nitrogens with one attached hydrogen (secondary N) is 1. The lowest BCUT2D eigenvalue weighted by atomic mass is 10.1. The third-order valence-electron chi connectivity index (χ3n) is 4.71. The number of nitrogens with zero attached hydrogens (tertiary/aromatic N) is 3. The van der Waals surface area contributed by atoms with Crippen molar-refractivity contribution in [3.05, 3.63) is 47.8 Å². The largest absolute Gasteiger partial charge is 0.349 e. The molecule has 1 aromatic heterocycles. The second-order valence-electron chi connectivity index (χ2n) is 7.08. The van der Waals surface area contributed by atoms with Gasteiger partial charge in [0.2, 0.25) is 10.0 Å². The average Bonchev–Trinajstić information content (AvgIpc) is 3.54. The van der Waals surface area contributed by atoms with Crippen molar-refractivity contribution in [2.45, 2.75) is 49.2 Å². The van der Waals surface area contributed by atoms with Crippen LogP contribution in [0.5, 0.6) is 0 Å². The van der Waals surface area contributed by atoms with Crippen molar-refractivity contribution in [2.75, 3.05) is 0 Å². The summed E-state index contributed by atoms with van der Waals surface area (Å²) >= 11 is 0. The lowest BCUT2D eigenvalue weighted by molar-refractivity contribution is 0.0951. The molecule has 138 valence electrons. The predicted octanol–water partition coefficient (Wildman–Crippen LogP) is 1.67. The molecule has 8 heteroatoms. The Hall–Kier alpha value is -2.19. The summed E-state index contributed by atoms with van der Waals surface area (Å²) in [6, 6.07) is 7.53. The lowest BCUT2D eigenvalue weighted by Gasteiger charge is -2.21. The maximum Gasteiger partial charge on any atom is 0.251 e. The van der Waals surface area contributed by atoms with Gasteiger partial charge in [0.05, 0.1) is 6.20 Å². The fourth-order valence-electron chi connectivity index (χ4n) is 2.88. The summed E-state index contributed by atoms with van der Waals surface area (Å²) in [6.07, 6.45) is 6.76. The van der Waals surface area contributed by atoms with E-state index < -0.39 is 10.0 Å². The Labute approximate surface area is 153 Å². The first-order chi connectivity index (χ1) is 12.4. The molecule has 1 heterocycles. The third-order valence-corrected chi connectivity index (χ3v) is 6.56. The van der Waals surface area contributed by atoms with Crippen molar-refractivity contribution in [1.29, 1.82) is 0 Å². The maximum absolute atomic E-state index is 12.9. The van der Waals surface area contributed by atoms with Gasteiger partial charge in [-0.25, -0.2) is 8.42 Å². The molecule has 2 aliphatic rings. The predicted molar refractivity (Wildman–Crippen MR) is 95.9 cm³/mol. The van der Waals surface area contributed by atoms with Gasteiger partial charge >= 0.3 is 0 Å². The summed E-state index contributed by atoms with van der Waals surface area (Å²) in [5, 5.41) is 6.93. The van der Waals surface area contributed by atoms with Gasteiger partial charge in [0.1, 0.15) is 4.90 Å². The van der Waals surface area contributed by atoms with E-state index in [1.807, 2.05) is 12.1 Å². The van der Waals surface area contributed by atoms with Gasteiger partial charge < -0.3 is 5.32 Å². The Morgan fingerprint density at radius 2 is 1.92 bits per heavy atom. The Kier molecular flexibility index (Phi) is 4.32. The van der Waals surface area contributed by atoms with E-state index in [9.17, 15) is 13.2 Å². The number of amides is 1. The second-order valence-corrected chi connectivity index (χ2v) is 8.97. The number of carbonyl (C=O) groups is 1. The molecule has 26 heavy (non-hydrogen) atoms. The number of hydrogen-bond acceptors (Lipinski definition) is 4. The first-order valence-corrected chi connectivity index (χ1v) is 10.3. The lowest BCUT2D eigenvalue weighted by Crippen LogP contribution is -2.32. The molecule has 0 aliphatic heterocycles. The first kappa shape index (κ1) is 17.2. The number of sulfonamides is 1. The number of hydrogen-bond donors (Lipinski definition) is 1. The molecule has 2 saturated carbocycles. The van der Waals surface area contributed by atoms with Gasteiger partial charge in [-0.05, 0) is 43.4 Å². The minimum Gasteiger partial charge on any atom is -0.349 e. The molecule has 0 bridgehead atoms. The van der Waals surface area contributed by atoms with Crippen LogP contribution >= 0.6 is 0 Å². The van der Waals surface area contributed by atoms with E-state index >= 15 is 0 Å². The fourth-order valence-corrected chi connectivity index (χ4v) is 4.54. The van der Waals surface area contributed by atoms with Crippen LogP contribution in [-0.4, -0.2) is 40.5 Å². The summed E-state index contributed by atoms with van der Waals surface area (Å²) in [5.74, 6) is -0.0684. The Bertz CT molecular complexity index is 912. The molecule has 2 aliphatic carbocycles. The maximum atomic E-state index is 12.9. The average molecular weight is 374 g/mol. The summed E-state index contributed by atoms with van der Waals surface area (Å²) < 4.78 is 28.9. The Balaban J connectivity index is 1.51. The van der Waals surface area contributed by atoms with Crippen LogP contribution in [0.25, 0.3) is 0 Å². The van der Waals surface area contributed by atoms with E-state index in [1.165, 1.54) is 17.1 Å². The van der Waals surface area contributed by atoms with Gasteiger partial charge in [-0.2, -0.15) is 9.40 Å². The molecular weight excluding hydrogens is 352 g/mol. The van der Waals surface area contributed by atoms with Crippen molar-refractivity contribution < 1.29 is 13.2 Å². The number of aryl methyl sites for hydroxylation is 1. The molecule has 7 nitrogen and oxygen atoms in total. The van der Waals surface area contributed by atoms with Gasteiger partial charge in [0, 0.05) is 37.4 Å². The van der Waals surface area contributed by atoms with Crippen LogP contribution in [0, 0.1) is 0 Å². The van der Waals surface area contributed by atoms with Crippen LogP contribution in [0.2, 0.25) is 0 Å². The smallest absolute Gasteiger partial charge is 0.251 e. The quantitative estimate of drug-likeness (QED) is 0.799. The molecule has 1 aromatic carbocycles. The van der Waals surface area contributed by atoms with E-state index in [0.717, 1.165) is 31.2 Å². The zero-order chi connectivity index (χ0) is 18.3. The van der Waals surface area contributed by atoms with Gasteiger partial charge in [-0.15, -0.1) is 0 Å². The zero-order valence-corrected chi connectivity index (χ0v) is 15.4. The van der Waals surface area contributed by atoms with Crippen molar-refractivity contribution in [1.82, 2.24) is 19.4 Å². The highest BCUT2D eigenvalue weighted by Crippen LogP contribution is 2.33. The SMILES string of the molecule is Cn1cc(S(=O)(=O)N(Cc2ccc(C(=O)NC3CC3)cc2)C2CC2)cn1. The summed E-state index contributed by atoms with van der Waals surface area (Å²) in [6.45, 7) is 0.298. The van der Waals surface area contributed by atoms with Crippen molar-refractivity contribution in [3.8, 4) is 0 Å². The van der Waals surface area contributed by atoms with Gasteiger partial charge in [0.15, 0.2) is 0 Å². The van der Waals surface area contributed by atoms with E-state index in [1.54, 1.807) is 23.5 Å². The number of rotatable bonds is 7. The molecule has 0 atom stereocenters. The molecule has 1 N–H and O–H groups in total. The molecule has 2 aromatic rings. The first-order valence-electron chi connectivity index (χ1n) is 8.84. The summed E-state index contributed by atoms with van der Waals surface area (Å²) in [4.78, 5) is 12.3. The fraction of sp³-hybridized carbons (Fsp3) is 0.444. The van der Waals surface area contributed by atoms with Crippen LogP contribution in [-0.2, 0) is 23.6 Å². The molecule has 0 unspecified atom stereocenters. The highest BCUT2D eigenvalue weighted by molar-refractivity contribution is 7.89. The minimum atomic E-state index is -3.58. The Morgan fingerprint density at radius 3 is 2.46 bits per heavy atom. The van der Waals surface area contributed by atoms with E-state index in [2.05, 4.69) is 10.4 Å². The van der Waals surface area contributed by atoms with E-state index in [-0.39, 0.29) is 16.8 Å². The van der Waals surface area contributed by atoms with Crippen LogP contribution in [0.15, 0.2) is 41.6 Å². The molecule has 0 saturated heterocycles.